The number of benzene rings is 1. The molecule has 0 aliphatic heterocycles. The Bertz CT molecular complexity index is 604. The molecule has 1 aromatic carbocycles. The molecule has 0 atom stereocenters. The molecule has 19 heavy (non-hydrogen) atoms. The van der Waals surface area contributed by atoms with E-state index in [0.717, 1.165) is 0 Å². The molecular formula is C14H12ClFN2O. The fourth-order valence-electron chi connectivity index (χ4n) is 1.78. The summed E-state index contributed by atoms with van der Waals surface area (Å²) in [5.41, 5.74) is 0.850. The van der Waals surface area contributed by atoms with Crippen molar-refractivity contribution in [2.24, 2.45) is 0 Å². The maximum atomic E-state index is 13.2. The van der Waals surface area contributed by atoms with Crippen molar-refractivity contribution in [2.75, 3.05) is 11.4 Å². The molecule has 5 heteroatoms. The number of pyridine rings is 1. The van der Waals surface area contributed by atoms with Crippen LogP contribution < -0.4 is 4.90 Å². The quantitative estimate of drug-likeness (QED) is 0.860. The van der Waals surface area contributed by atoms with E-state index in [-0.39, 0.29) is 16.7 Å². The first-order valence-corrected chi connectivity index (χ1v) is 6.18. The lowest BCUT2D eigenvalue weighted by Gasteiger charge is -2.21. The molecule has 0 aliphatic carbocycles. The first kappa shape index (κ1) is 13.5. The van der Waals surface area contributed by atoms with Gasteiger partial charge in [-0.25, -0.2) is 4.39 Å². The van der Waals surface area contributed by atoms with E-state index in [4.69, 9.17) is 11.6 Å². The molecule has 0 saturated carbocycles. The number of anilines is 1. The zero-order chi connectivity index (χ0) is 13.8. The number of amides is 1. The van der Waals surface area contributed by atoms with E-state index in [9.17, 15) is 9.18 Å². The van der Waals surface area contributed by atoms with Gasteiger partial charge in [-0.05, 0) is 31.2 Å². The summed E-state index contributed by atoms with van der Waals surface area (Å²) >= 11 is 5.95. The lowest BCUT2D eigenvalue weighted by atomic mass is 10.2. The van der Waals surface area contributed by atoms with Gasteiger partial charge in [-0.15, -0.1) is 0 Å². The van der Waals surface area contributed by atoms with Crippen LogP contribution in [0.5, 0.6) is 0 Å². The standard InChI is InChI=1S/C14H12ClFN2O/c1-2-18(11-5-3-4-10(16)8-11)14(19)12-6-7-17-9-13(12)15/h3-9H,2H2,1H3. The second-order valence-corrected chi connectivity index (χ2v) is 4.29. The second-order valence-electron chi connectivity index (χ2n) is 3.88. The van der Waals surface area contributed by atoms with Gasteiger partial charge in [0.1, 0.15) is 5.82 Å². The lowest BCUT2D eigenvalue weighted by molar-refractivity contribution is 0.0988. The summed E-state index contributed by atoms with van der Waals surface area (Å²) in [5.74, 6) is -0.662. The van der Waals surface area contributed by atoms with Crippen molar-refractivity contribution in [3.63, 3.8) is 0 Å². The van der Waals surface area contributed by atoms with Crippen LogP contribution in [0.15, 0.2) is 42.7 Å². The molecular weight excluding hydrogens is 267 g/mol. The molecule has 1 amide bonds. The van der Waals surface area contributed by atoms with E-state index in [0.29, 0.717) is 17.8 Å². The highest BCUT2D eigenvalue weighted by molar-refractivity contribution is 6.34. The minimum absolute atomic E-state index is 0.277. The Balaban J connectivity index is 2.38. The number of hydrogen-bond donors (Lipinski definition) is 0. The molecule has 3 nitrogen and oxygen atoms in total. The van der Waals surface area contributed by atoms with Crippen molar-refractivity contribution in [3.05, 3.63) is 59.1 Å². The van der Waals surface area contributed by atoms with E-state index >= 15 is 0 Å². The molecule has 0 radical (unpaired) electrons. The monoisotopic (exact) mass is 278 g/mol. The highest BCUT2D eigenvalue weighted by Gasteiger charge is 2.18. The zero-order valence-electron chi connectivity index (χ0n) is 10.3. The van der Waals surface area contributed by atoms with Crippen LogP contribution >= 0.6 is 11.6 Å². The van der Waals surface area contributed by atoms with Crippen LogP contribution in [0, 0.1) is 5.82 Å². The van der Waals surface area contributed by atoms with Crippen molar-refractivity contribution >= 4 is 23.2 Å². The Kier molecular flexibility index (Phi) is 4.12. The third-order valence-electron chi connectivity index (χ3n) is 2.68. The average molecular weight is 279 g/mol. The molecule has 1 heterocycles. The van der Waals surface area contributed by atoms with Crippen LogP contribution in [0.3, 0.4) is 0 Å². The Morgan fingerprint density at radius 2 is 2.21 bits per heavy atom. The fraction of sp³-hybridized carbons (Fsp3) is 0.143. The molecule has 0 fully saturated rings. The predicted molar refractivity (Wildman–Crippen MR) is 73.0 cm³/mol. The normalized spacial score (nSPS) is 10.3. The topological polar surface area (TPSA) is 33.2 Å². The largest absolute Gasteiger partial charge is 0.308 e. The van der Waals surface area contributed by atoms with Gasteiger partial charge in [-0.3, -0.25) is 9.78 Å². The van der Waals surface area contributed by atoms with E-state index < -0.39 is 0 Å². The Morgan fingerprint density at radius 3 is 2.84 bits per heavy atom. The van der Waals surface area contributed by atoms with Crippen molar-refractivity contribution < 1.29 is 9.18 Å². The Morgan fingerprint density at radius 1 is 1.42 bits per heavy atom. The van der Waals surface area contributed by atoms with Gasteiger partial charge in [0.05, 0.1) is 10.6 Å². The smallest absolute Gasteiger partial charge is 0.259 e. The molecule has 98 valence electrons. The van der Waals surface area contributed by atoms with Crippen molar-refractivity contribution in [1.29, 1.82) is 0 Å². The van der Waals surface area contributed by atoms with Crippen molar-refractivity contribution in [1.82, 2.24) is 4.98 Å². The number of rotatable bonds is 3. The molecule has 0 bridgehead atoms. The van der Waals surface area contributed by atoms with Crippen molar-refractivity contribution in [2.45, 2.75) is 6.92 Å². The van der Waals surface area contributed by atoms with Gasteiger partial charge in [0, 0.05) is 24.6 Å². The Hall–Kier alpha value is -1.94. The average Bonchev–Trinajstić information content (AvgIpc) is 2.40. The van der Waals surface area contributed by atoms with Gasteiger partial charge in [0.2, 0.25) is 0 Å². The van der Waals surface area contributed by atoms with Crippen molar-refractivity contribution in [3.8, 4) is 0 Å². The molecule has 0 saturated heterocycles. The zero-order valence-corrected chi connectivity index (χ0v) is 11.1. The number of carbonyl (C=O) groups excluding carboxylic acids is 1. The highest BCUT2D eigenvalue weighted by atomic mass is 35.5. The Labute approximate surface area is 115 Å². The van der Waals surface area contributed by atoms with Crippen LogP contribution in [0.1, 0.15) is 17.3 Å². The first-order chi connectivity index (χ1) is 9.13. The van der Waals surface area contributed by atoms with Crippen LogP contribution in [0.25, 0.3) is 0 Å². The van der Waals surface area contributed by atoms with E-state index in [1.807, 2.05) is 6.92 Å². The molecule has 2 rings (SSSR count). The number of halogens is 2. The lowest BCUT2D eigenvalue weighted by Crippen LogP contribution is -2.30. The van der Waals surface area contributed by atoms with Crippen LogP contribution in [0.4, 0.5) is 10.1 Å². The number of nitrogens with zero attached hydrogens (tertiary/aromatic N) is 2. The summed E-state index contributed by atoms with van der Waals surface area (Å²) in [5, 5.41) is 0.280. The van der Waals surface area contributed by atoms with Gasteiger partial charge < -0.3 is 4.90 Å². The van der Waals surface area contributed by atoms with Gasteiger partial charge >= 0.3 is 0 Å². The summed E-state index contributed by atoms with van der Waals surface area (Å²) in [6.07, 6.45) is 2.91. The number of hydrogen-bond acceptors (Lipinski definition) is 2. The minimum Gasteiger partial charge on any atom is -0.308 e. The van der Waals surface area contributed by atoms with Gasteiger partial charge in [-0.2, -0.15) is 0 Å². The summed E-state index contributed by atoms with van der Waals surface area (Å²) in [4.78, 5) is 17.7. The predicted octanol–water partition coefficient (Wildman–Crippen LogP) is 3.54. The number of aromatic nitrogens is 1. The third kappa shape index (κ3) is 2.90. The fourth-order valence-corrected chi connectivity index (χ4v) is 1.98. The summed E-state index contributed by atoms with van der Waals surface area (Å²) in [6, 6.07) is 7.44. The molecule has 0 spiro atoms. The van der Waals surface area contributed by atoms with E-state index in [1.54, 1.807) is 18.2 Å². The molecule has 2 aromatic rings. The molecule has 0 N–H and O–H groups in total. The summed E-state index contributed by atoms with van der Waals surface area (Å²) in [7, 11) is 0. The molecule has 0 aliphatic rings. The van der Waals surface area contributed by atoms with Crippen LogP contribution in [0.2, 0.25) is 5.02 Å². The first-order valence-electron chi connectivity index (χ1n) is 5.80. The van der Waals surface area contributed by atoms with Gasteiger partial charge in [0.25, 0.3) is 5.91 Å². The second kappa shape index (κ2) is 5.80. The third-order valence-corrected chi connectivity index (χ3v) is 2.99. The van der Waals surface area contributed by atoms with Gasteiger partial charge in [-0.1, -0.05) is 17.7 Å². The SMILES string of the molecule is CCN(C(=O)c1ccncc1Cl)c1cccc(F)c1. The van der Waals surface area contributed by atoms with Crippen LogP contribution in [-0.4, -0.2) is 17.4 Å². The maximum Gasteiger partial charge on any atom is 0.259 e. The van der Waals surface area contributed by atoms with Crippen LogP contribution in [-0.2, 0) is 0 Å². The molecule has 1 aromatic heterocycles. The highest BCUT2D eigenvalue weighted by Crippen LogP contribution is 2.21. The maximum absolute atomic E-state index is 13.2. The van der Waals surface area contributed by atoms with E-state index in [1.165, 1.54) is 29.4 Å². The number of carbonyl (C=O) groups is 1. The summed E-state index contributed by atoms with van der Waals surface area (Å²) < 4.78 is 13.2. The summed E-state index contributed by atoms with van der Waals surface area (Å²) in [6.45, 7) is 2.23. The van der Waals surface area contributed by atoms with E-state index in [2.05, 4.69) is 4.98 Å². The molecule has 0 unspecified atom stereocenters. The van der Waals surface area contributed by atoms with Gasteiger partial charge in [0.15, 0.2) is 0 Å². The minimum atomic E-state index is -0.385.